The van der Waals surface area contributed by atoms with Crippen molar-refractivity contribution >= 4 is 38.6 Å². The number of nitrogens with zero attached hydrogens (tertiary/aromatic N) is 5. The highest BCUT2D eigenvalue weighted by molar-refractivity contribution is 7.98. The van der Waals surface area contributed by atoms with Gasteiger partial charge in [-0.05, 0) is 37.4 Å². The molecule has 0 spiro atoms. The van der Waals surface area contributed by atoms with Gasteiger partial charge in [-0.25, -0.2) is 27.3 Å². The minimum Gasteiger partial charge on any atom is -0.377 e. The molecule has 0 saturated carbocycles. The van der Waals surface area contributed by atoms with Crippen LogP contribution in [0.5, 0.6) is 0 Å². The topological polar surface area (TPSA) is 90.2 Å². The van der Waals surface area contributed by atoms with Gasteiger partial charge in [-0.3, -0.25) is 0 Å². The maximum atomic E-state index is 14.0. The maximum Gasteiger partial charge on any atom is 0.419 e. The Kier molecular flexibility index (Phi) is 6.62. The average molecular weight is 550 g/mol. The fourth-order valence-corrected chi connectivity index (χ4v) is 5.93. The van der Waals surface area contributed by atoms with E-state index in [4.69, 9.17) is 4.74 Å². The SMILES string of the molecule is CSc1ncc(C(F)(F)F)c(-c2cn(S(=O)(=O)c3ccccc3)c3nc(N4CCOCC4C)ccc23)n1. The number of alkyl halides is 3. The van der Waals surface area contributed by atoms with Crippen molar-refractivity contribution in [2.45, 2.75) is 29.2 Å². The second kappa shape index (κ2) is 9.62. The van der Waals surface area contributed by atoms with Gasteiger partial charge in [0.05, 0.1) is 29.8 Å². The van der Waals surface area contributed by atoms with E-state index < -0.39 is 27.5 Å². The zero-order valence-electron chi connectivity index (χ0n) is 19.8. The molecule has 4 aromatic rings. The Morgan fingerprint density at radius 1 is 1.11 bits per heavy atom. The molecule has 194 valence electrons. The first-order valence-corrected chi connectivity index (χ1v) is 13.9. The standard InChI is InChI=1S/C24H22F3N5O3S2/c1-15-14-35-11-10-31(15)20-9-8-17-18(21-19(24(25,26)27)12-28-23(30-21)36-2)13-32(22(17)29-20)37(33,34)16-6-4-3-5-7-16/h3-9,12-13,15H,10-11,14H2,1-2H3. The first-order chi connectivity index (χ1) is 17.6. The van der Waals surface area contributed by atoms with Crippen molar-refractivity contribution in [1.29, 1.82) is 0 Å². The van der Waals surface area contributed by atoms with E-state index in [1.165, 1.54) is 12.1 Å². The van der Waals surface area contributed by atoms with E-state index in [0.717, 1.165) is 28.1 Å². The predicted molar refractivity (Wildman–Crippen MR) is 134 cm³/mol. The molecule has 8 nitrogen and oxygen atoms in total. The number of hydrogen-bond donors (Lipinski definition) is 0. The first-order valence-electron chi connectivity index (χ1n) is 11.3. The summed E-state index contributed by atoms with van der Waals surface area (Å²) in [4.78, 5) is 14.5. The number of benzene rings is 1. The van der Waals surface area contributed by atoms with Crippen molar-refractivity contribution in [3.63, 3.8) is 0 Å². The summed E-state index contributed by atoms with van der Waals surface area (Å²) in [5.74, 6) is 0.501. The van der Waals surface area contributed by atoms with E-state index in [-0.39, 0.29) is 32.7 Å². The highest BCUT2D eigenvalue weighted by atomic mass is 32.2. The molecule has 0 radical (unpaired) electrons. The van der Waals surface area contributed by atoms with E-state index in [1.807, 2.05) is 11.8 Å². The van der Waals surface area contributed by atoms with Crippen molar-refractivity contribution in [2.24, 2.45) is 0 Å². The van der Waals surface area contributed by atoms with Crippen LogP contribution >= 0.6 is 11.8 Å². The van der Waals surface area contributed by atoms with Gasteiger partial charge in [0.25, 0.3) is 10.0 Å². The summed E-state index contributed by atoms with van der Waals surface area (Å²) in [6, 6.07) is 10.9. The molecule has 3 aromatic heterocycles. The second-order valence-electron chi connectivity index (χ2n) is 8.43. The molecule has 4 heterocycles. The molecule has 0 N–H and O–H groups in total. The highest BCUT2D eigenvalue weighted by Gasteiger charge is 2.37. The predicted octanol–water partition coefficient (Wildman–Crippen LogP) is 4.70. The monoisotopic (exact) mass is 549 g/mol. The minimum atomic E-state index is -4.75. The molecule has 0 bridgehead atoms. The van der Waals surface area contributed by atoms with E-state index >= 15 is 0 Å². The molecule has 0 amide bonds. The average Bonchev–Trinajstić information content (AvgIpc) is 3.28. The molecule has 1 unspecified atom stereocenters. The van der Waals surface area contributed by atoms with Crippen LogP contribution in [0.3, 0.4) is 0 Å². The lowest BCUT2D eigenvalue weighted by Gasteiger charge is -2.34. The van der Waals surface area contributed by atoms with E-state index in [0.29, 0.717) is 25.6 Å². The van der Waals surface area contributed by atoms with Gasteiger partial charge in [0.1, 0.15) is 11.4 Å². The molecular weight excluding hydrogens is 527 g/mol. The molecule has 37 heavy (non-hydrogen) atoms. The second-order valence-corrected chi connectivity index (χ2v) is 11.0. The van der Waals surface area contributed by atoms with Crippen LogP contribution in [0.1, 0.15) is 12.5 Å². The Bertz CT molecular complexity index is 1560. The van der Waals surface area contributed by atoms with Gasteiger partial charge in [-0.1, -0.05) is 30.0 Å². The van der Waals surface area contributed by atoms with Crippen molar-refractivity contribution < 1.29 is 26.3 Å². The molecule has 1 fully saturated rings. The Balaban J connectivity index is 1.80. The van der Waals surface area contributed by atoms with Crippen LogP contribution in [0.4, 0.5) is 19.0 Å². The maximum absolute atomic E-state index is 14.0. The largest absolute Gasteiger partial charge is 0.419 e. The van der Waals surface area contributed by atoms with Gasteiger partial charge in [-0.2, -0.15) is 13.2 Å². The summed E-state index contributed by atoms with van der Waals surface area (Å²) in [5.41, 5.74) is -1.47. The lowest BCUT2D eigenvalue weighted by Crippen LogP contribution is -2.44. The summed E-state index contributed by atoms with van der Waals surface area (Å²) in [6.45, 7) is 3.45. The van der Waals surface area contributed by atoms with Gasteiger partial charge < -0.3 is 9.64 Å². The number of anilines is 1. The third-order valence-corrected chi connectivity index (χ3v) is 8.30. The van der Waals surface area contributed by atoms with Crippen molar-refractivity contribution in [3.05, 3.63) is 60.4 Å². The molecule has 0 aliphatic carbocycles. The Hall–Kier alpha value is -3.16. The molecule has 1 saturated heterocycles. The van der Waals surface area contributed by atoms with Gasteiger partial charge in [-0.15, -0.1) is 0 Å². The number of halogens is 3. The molecule has 1 atom stereocenters. The van der Waals surface area contributed by atoms with Crippen molar-refractivity contribution in [3.8, 4) is 11.3 Å². The van der Waals surface area contributed by atoms with Crippen molar-refractivity contribution in [2.75, 3.05) is 30.9 Å². The quantitative estimate of drug-likeness (QED) is 0.262. The fraction of sp³-hybridized carbons (Fsp3) is 0.292. The van der Waals surface area contributed by atoms with Gasteiger partial charge in [0, 0.05) is 29.9 Å². The Morgan fingerprint density at radius 3 is 2.54 bits per heavy atom. The highest BCUT2D eigenvalue weighted by Crippen LogP contribution is 2.40. The lowest BCUT2D eigenvalue weighted by atomic mass is 10.1. The van der Waals surface area contributed by atoms with Gasteiger partial charge in [0.15, 0.2) is 10.8 Å². The van der Waals surface area contributed by atoms with Crippen LogP contribution in [0.15, 0.2) is 64.9 Å². The van der Waals surface area contributed by atoms with Crippen LogP contribution in [-0.4, -0.2) is 59.4 Å². The number of morpholine rings is 1. The molecule has 1 aliphatic heterocycles. The molecule has 5 rings (SSSR count). The summed E-state index contributed by atoms with van der Waals surface area (Å²) < 4.78 is 75.7. The number of fused-ring (bicyclic) bond motifs is 1. The van der Waals surface area contributed by atoms with Crippen LogP contribution < -0.4 is 4.90 Å². The number of aromatic nitrogens is 4. The molecule has 1 aromatic carbocycles. The summed E-state index contributed by atoms with van der Waals surface area (Å²) in [5, 5.41) is 0.349. The Labute approximate surface area is 215 Å². The van der Waals surface area contributed by atoms with Crippen molar-refractivity contribution in [1.82, 2.24) is 18.9 Å². The van der Waals surface area contributed by atoms with Crippen LogP contribution in [-0.2, 0) is 20.9 Å². The zero-order valence-corrected chi connectivity index (χ0v) is 21.4. The van der Waals surface area contributed by atoms with E-state index in [2.05, 4.69) is 15.0 Å². The summed E-state index contributed by atoms with van der Waals surface area (Å²) in [6.07, 6.45) is -1.23. The van der Waals surface area contributed by atoms with Crippen LogP contribution in [0, 0.1) is 0 Å². The number of pyridine rings is 1. The third-order valence-electron chi connectivity index (χ3n) is 6.08. The third kappa shape index (κ3) is 4.66. The molecular formula is C24H22F3N5O3S2. The summed E-state index contributed by atoms with van der Waals surface area (Å²) >= 11 is 1.08. The number of ether oxygens (including phenoxy) is 1. The molecule has 1 aliphatic rings. The number of hydrogen-bond acceptors (Lipinski definition) is 8. The van der Waals surface area contributed by atoms with Crippen LogP contribution in [0.2, 0.25) is 0 Å². The van der Waals surface area contributed by atoms with Crippen LogP contribution in [0.25, 0.3) is 22.3 Å². The normalized spacial score (nSPS) is 16.9. The Morgan fingerprint density at radius 2 is 1.86 bits per heavy atom. The van der Waals surface area contributed by atoms with Gasteiger partial charge in [0.2, 0.25) is 0 Å². The molecule has 13 heteroatoms. The van der Waals surface area contributed by atoms with E-state index in [9.17, 15) is 21.6 Å². The van der Waals surface area contributed by atoms with E-state index in [1.54, 1.807) is 36.6 Å². The summed E-state index contributed by atoms with van der Waals surface area (Å²) in [7, 11) is -4.20. The first kappa shape index (κ1) is 25.5. The smallest absolute Gasteiger partial charge is 0.377 e. The zero-order chi connectivity index (χ0) is 26.4. The lowest BCUT2D eigenvalue weighted by molar-refractivity contribution is -0.137. The number of thioether (sulfide) groups is 1. The van der Waals surface area contributed by atoms with Gasteiger partial charge >= 0.3 is 6.18 Å². The number of rotatable bonds is 5. The fourth-order valence-electron chi connectivity index (χ4n) is 4.25. The minimum absolute atomic E-state index is 0.00592.